The molecular weight excluding hydrogens is 244 g/mol. The van der Waals surface area contributed by atoms with E-state index in [4.69, 9.17) is 4.74 Å². The molecule has 0 bridgehead atoms. The SMILES string of the molecule is CCCNC(=O)CNCC(O)COc1ccccc1. The number of rotatable bonds is 9. The zero-order valence-electron chi connectivity index (χ0n) is 11.3. The summed E-state index contributed by atoms with van der Waals surface area (Å²) in [4.78, 5) is 11.3. The molecule has 0 fully saturated rings. The summed E-state index contributed by atoms with van der Waals surface area (Å²) >= 11 is 0. The van der Waals surface area contributed by atoms with Gasteiger partial charge in [0.25, 0.3) is 0 Å². The number of para-hydroxylation sites is 1. The van der Waals surface area contributed by atoms with Crippen LogP contribution in [0.4, 0.5) is 0 Å². The third-order valence-electron chi connectivity index (χ3n) is 2.42. The smallest absolute Gasteiger partial charge is 0.233 e. The molecule has 3 N–H and O–H groups in total. The van der Waals surface area contributed by atoms with Gasteiger partial charge in [-0.25, -0.2) is 0 Å². The number of amides is 1. The van der Waals surface area contributed by atoms with Crippen molar-refractivity contribution in [1.82, 2.24) is 10.6 Å². The normalized spacial score (nSPS) is 11.9. The van der Waals surface area contributed by atoms with Crippen molar-refractivity contribution >= 4 is 5.91 Å². The lowest BCUT2D eigenvalue weighted by atomic mass is 10.3. The van der Waals surface area contributed by atoms with Crippen LogP contribution < -0.4 is 15.4 Å². The van der Waals surface area contributed by atoms with E-state index in [0.717, 1.165) is 12.2 Å². The Hall–Kier alpha value is -1.59. The lowest BCUT2D eigenvalue weighted by Gasteiger charge is -2.13. The van der Waals surface area contributed by atoms with E-state index in [1.54, 1.807) is 0 Å². The minimum Gasteiger partial charge on any atom is -0.491 e. The summed E-state index contributed by atoms with van der Waals surface area (Å²) in [5.41, 5.74) is 0. The number of nitrogens with one attached hydrogen (secondary N) is 2. The van der Waals surface area contributed by atoms with Crippen molar-refractivity contribution in [2.75, 3.05) is 26.2 Å². The predicted molar refractivity (Wildman–Crippen MR) is 74.1 cm³/mol. The Morgan fingerprint density at radius 3 is 2.79 bits per heavy atom. The molecule has 0 aromatic heterocycles. The van der Waals surface area contributed by atoms with Gasteiger partial charge in [0.1, 0.15) is 18.5 Å². The summed E-state index contributed by atoms with van der Waals surface area (Å²) in [6.45, 7) is 3.42. The minimum atomic E-state index is -0.640. The lowest BCUT2D eigenvalue weighted by molar-refractivity contribution is -0.120. The topological polar surface area (TPSA) is 70.6 Å². The van der Waals surface area contributed by atoms with Gasteiger partial charge in [-0.3, -0.25) is 4.79 Å². The Morgan fingerprint density at radius 2 is 2.11 bits per heavy atom. The summed E-state index contributed by atoms with van der Waals surface area (Å²) in [5, 5.41) is 15.3. The maximum absolute atomic E-state index is 11.3. The van der Waals surface area contributed by atoms with E-state index in [0.29, 0.717) is 13.1 Å². The first-order chi connectivity index (χ1) is 9.22. The van der Waals surface area contributed by atoms with E-state index in [1.165, 1.54) is 0 Å². The first-order valence-corrected chi connectivity index (χ1v) is 6.55. The van der Waals surface area contributed by atoms with Gasteiger partial charge in [0.05, 0.1) is 6.54 Å². The maximum Gasteiger partial charge on any atom is 0.233 e. The Morgan fingerprint density at radius 1 is 1.37 bits per heavy atom. The molecule has 1 unspecified atom stereocenters. The fraction of sp³-hybridized carbons (Fsp3) is 0.500. The van der Waals surface area contributed by atoms with Crippen LogP contribution in [0, 0.1) is 0 Å². The number of aliphatic hydroxyl groups is 1. The molecule has 1 aromatic carbocycles. The van der Waals surface area contributed by atoms with Crippen LogP contribution in [0.2, 0.25) is 0 Å². The van der Waals surface area contributed by atoms with Crippen molar-refractivity contribution in [2.45, 2.75) is 19.4 Å². The number of hydrogen-bond acceptors (Lipinski definition) is 4. The number of carbonyl (C=O) groups is 1. The Balaban J connectivity index is 2.08. The van der Waals surface area contributed by atoms with Gasteiger partial charge in [-0.2, -0.15) is 0 Å². The molecule has 1 rings (SSSR count). The van der Waals surface area contributed by atoms with Crippen molar-refractivity contribution in [1.29, 1.82) is 0 Å². The second-order valence-electron chi connectivity index (χ2n) is 4.26. The summed E-state index contributed by atoms with van der Waals surface area (Å²) in [6, 6.07) is 9.31. The molecule has 106 valence electrons. The summed E-state index contributed by atoms with van der Waals surface area (Å²) in [6.07, 6.45) is 0.276. The van der Waals surface area contributed by atoms with Crippen molar-refractivity contribution in [3.05, 3.63) is 30.3 Å². The zero-order chi connectivity index (χ0) is 13.9. The van der Waals surface area contributed by atoms with Gasteiger partial charge in [0, 0.05) is 13.1 Å². The predicted octanol–water partition coefficient (Wildman–Crippen LogP) is 0.542. The Bertz CT molecular complexity index is 357. The number of benzene rings is 1. The standard InChI is InChI=1S/C14H22N2O3/c1-2-8-16-14(18)10-15-9-12(17)11-19-13-6-4-3-5-7-13/h3-7,12,15,17H,2,8-11H2,1H3,(H,16,18). The van der Waals surface area contributed by atoms with Gasteiger partial charge in [0.2, 0.25) is 5.91 Å². The molecule has 0 aliphatic heterocycles. The number of hydrogen-bond donors (Lipinski definition) is 3. The fourth-order valence-corrected chi connectivity index (χ4v) is 1.45. The number of aliphatic hydroxyl groups excluding tert-OH is 1. The molecule has 1 aromatic rings. The van der Waals surface area contributed by atoms with Crippen LogP contribution in [0.25, 0.3) is 0 Å². The third kappa shape index (κ3) is 7.43. The maximum atomic E-state index is 11.3. The minimum absolute atomic E-state index is 0.0574. The summed E-state index contributed by atoms with van der Waals surface area (Å²) < 4.78 is 5.40. The zero-order valence-corrected chi connectivity index (χ0v) is 11.3. The average molecular weight is 266 g/mol. The van der Waals surface area contributed by atoms with Gasteiger partial charge < -0.3 is 20.5 Å². The van der Waals surface area contributed by atoms with Crippen LogP contribution in [0.3, 0.4) is 0 Å². The highest BCUT2D eigenvalue weighted by Crippen LogP contribution is 2.08. The van der Waals surface area contributed by atoms with Crippen molar-refractivity contribution < 1.29 is 14.6 Å². The van der Waals surface area contributed by atoms with Crippen molar-refractivity contribution in [3.63, 3.8) is 0 Å². The van der Waals surface area contributed by atoms with E-state index in [-0.39, 0.29) is 19.1 Å². The molecule has 1 amide bonds. The first kappa shape index (κ1) is 15.5. The Kier molecular flexibility index (Phi) is 7.62. The van der Waals surface area contributed by atoms with Gasteiger partial charge in [-0.05, 0) is 18.6 Å². The van der Waals surface area contributed by atoms with Crippen LogP contribution in [-0.4, -0.2) is 43.4 Å². The largest absolute Gasteiger partial charge is 0.491 e. The summed E-state index contributed by atoms with van der Waals surface area (Å²) in [7, 11) is 0. The highest BCUT2D eigenvalue weighted by Gasteiger charge is 2.06. The molecule has 5 heteroatoms. The van der Waals surface area contributed by atoms with E-state index in [1.807, 2.05) is 37.3 Å². The monoisotopic (exact) mass is 266 g/mol. The molecule has 0 aliphatic rings. The van der Waals surface area contributed by atoms with Gasteiger partial charge in [-0.1, -0.05) is 25.1 Å². The molecule has 0 spiro atoms. The number of ether oxygens (including phenoxy) is 1. The fourth-order valence-electron chi connectivity index (χ4n) is 1.45. The van der Waals surface area contributed by atoms with Gasteiger partial charge in [0.15, 0.2) is 0 Å². The van der Waals surface area contributed by atoms with Crippen LogP contribution in [-0.2, 0) is 4.79 Å². The van der Waals surface area contributed by atoms with Gasteiger partial charge in [-0.15, -0.1) is 0 Å². The van der Waals surface area contributed by atoms with Crippen LogP contribution in [0.15, 0.2) is 30.3 Å². The van der Waals surface area contributed by atoms with Crippen LogP contribution in [0.1, 0.15) is 13.3 Å². The molecular formula is C14H22N2O3. The molecule has 1 atom stereocenters. The quantitative estimate of drug-likeness (QED) is 0.610. The first-order valence-electron chi connectivity index (χ1n) is 6.55. The van der Waals surface area contributed by atoms with Crippen LogP contribution >= 0.6 is 0 Å². The average Bonchev–Trinajstić information content (AvgIpc) is 2.44. The van der Waals surface area contributed by atoms with E-state index >= 15 is 0 Å². The third-order valence-corrected chi connectivity index (χ3v) is 2.42. The molecule has 0 saturated heterocycles. The molecule has 0 radical (unpaired) electrons. The Labute approximate surface area is 114 Å². The number of carbonyl (C=O) groups excluding carboxylic acids is 1. The molecule has 0 aliphatic carbocycles. The van der Waals surface area contributed by atoms with E-state index in [2.05, 4.69) is 10.6 Å². The molecule has 0 heterocycles. The second-order valence-corrected chi connectivity index (χ2v) is 4.26. The van der Waals surface area contributed by atoms with E-state index in [9.17, 15) is 9.90 Å². The van der Waals surface area contributed by atoms with Crippen LogP contribution in [0.5, 0.6) is 5.75 Å². The summed E-state index contributed by atoms with van der Waals surface area (Å²) in [5.74, 6) is 0.667. The van der Waals surface area contributed by atoms with Crippen molar-refractivity contribution in [3.8, 4) is 5.75 Å². The van der Waals surface area contributed by atoms with Crippen molar-refractivity contribution in [2.24, 2.45) is 0 Å². The van der Waals surface area contributed by atoms with Gasteiger partial charge >= 0.3 is 0 Å². The lowest BCUT2D eigenvalue weighted by Crippen LogP contribution is -2.39. The highest BCUT2D eigenvalue weighted by molar-refractivity contribution is 5.77. The second kappa shape index (κ2) is 9.35. The molecule has 19 heavy (non-hydrogen) atoms. The molecule has 5 nitrogen and oxygen atoms in total. The highest BCUT2D eigenvalue weighted by atomic mass is 16.5. The van der Waals surface area contributed by atoms with E-state index < -0.39 is 6.10 Å². The molecule has 0 saturated carbocycles.